The molecule has 0 bridgehead atoms. The average Bonchev–Trinajstić information content (AvgIpc) is 2.62. The van der Waals surface area contributed by atoms with Crippen molar-refractivity contribution < 1.29 is 19.2 Å². The third kappa shape index (κ3) is 5.01. The second kappa shape index (κ2) is 9.49. The zero-order valence-electron chi connectivity index (χ0n) is 14.6. The molecule has 0 spiro atoms. The number of hydrogen-bond donors (Lipinski definition) is 2. The number of rotatable bonds is 7. The largest absolute Gasteiger partial charge is 0.358 e. The fourth-order valence-electron chi connectivity index (χ4n) is 2.82. The van der Waals surface area contributed by atoms with E-state index in [9.17, 15) is 19.2 Å². The van der Waals surface area contributed by atoms with Gasteiger partial charge in [-0.25, -0.2) is 0 Å². The van der Waals surface area contributed by atoms with Crippen molar-refractivity contribution in [2.45, 2.75) is 31.8 Å². The number of likely N-dealkylation sites (N-methyl/N-ethyl adjacent to an activating group) is 1. The Morgan fingerprint density at radius 3 is 2.85 bits per heavy atom. The number of hydrogen-bond acceptors (Lipinski definition) is 5. The second-order valence-corrected chi connectivity index (χ2v) is 6.00. The normalized spacial score (nSPS) is 16.5. The quantitative estimate of drug-likeness (QED) is 0.316. The van der Waals surface area contributed by atoms with Crippen LogP contribution in [0.15, 0.2) is 18.2 Å². The molecular formula is C19H21N3O4. The molecule has 1 atom stereocenters. The van der Waals surface area contributed by atoms with E-state index in [4.69, 9.17) is 0 Å². The van der Waals surface area contributed by atoms with Gasteiger partial charge >= 0.3 is 0 Å². The van der Waals surface area contributed by atoms with Gasteiger partial charge in [0.2, 0.25) is 18.2 Å². The maximum absolute atomic E-state index is 12.0. The van der Waals surface area contributed by atoms with Gasteiger partial charge in [-0.05, 0) is 25.1 Å². The molecule has 7 nitrogen and oxygen atoms in total. The number of carbonyl (C=O) groups is 4. The number of nitrogens with zero attached hydrogens (tertiary/aromatic N) is 1. The first-order valence-electron chi connectivity index (χ1n) is 8.33. The zero-order valence-corrected chi connectivity index (χ0v) is 14.6. The standard InChI is InChI=1S/C19H21N3O4/c1-22(17-8-9-18(25)21-19(17)26)11-16-14(5-2-3-10-20-13-24)6-4-7-15(16)12-23/h4,6-7,12-13,17H,3,8-11H2,1H3,(H,20,24)(H,21,25,26). The molecule has 1 saturated heterocycles. The van der Waals surface area contributed by atoms with Gasteiger partial charge in [0.15, 0.2) is 0 Å². The lowest BCUT2D eigenvalue weighted by Crippen LogP contribution is -2.51. The molecule has 0 saturated carbocycles. The fourth-order valence-corrected chi connectivity index (χ4v) is 2.82. The monoisotopic (exact) mass is 355 g/mol. The SMILES string of the molecule is CN(Cc1c(C#CCCNC=O)cccc1C=O)C1CCC(=O)NC1=O. The van der Waals surface area contributed by atoms with Gasteiger partial charge in [-0.2, -0.15) is 0 Å². The van der Waals surface area contributed by atoms with Gasteiger partial charge in [-0.3, -0.25) is 29.4 Å². The van der Waals surface area contributed by atoms with Crippen LogP contribution in [0.25, 0.3) is 0 Å². The van der Waals surface area contributed by atoms with E-state index in [1.54, 1.807) is 19.2 Å². The molecule has 26 heavy (non-hydrogen) atoms. The highest BCUT2D eigenvalue weighted by molar-refractivity contribution is 6.00. The molecule has 1 unspecified atom stereocenters. The van der Waals surface area contributed by atoms with E-state index >= 15 is 0 Å². The first kappa shape index (κ1) is 19.3. The van der Waals surface area contributed by atoms with Crippen LogP contribution in [0.5, 0.6) is 0 Å². The molecule has 3 amide bonds. The third-order valence-corrected chi connectivity index (χ3v) is 4.19. The lowest BCUT2D eigenvalue weighted by atomic mass is 9.99. The summed E-state index contributed by atoms with van der Waals surface area (Å²) in [7, 11) is 1.78. The molecular weight excluding hydrogens is 334 g/mol. The van der Waals surface area contributed by atoms with Gasteiger partial charge < -0.3 is 5.32 Å². The number of nitrogens with one attached hydrogen (secondary N) is 2. The maximum atomic E-state index is 12.0. The molecule has 1 heterocycles. The summed E-state index contributed by atoms with van der Waals surface area (Å²) in [5, 5.41) is 4.88. The summed E-state index contributed by atoms with van der Waals surface area (Å²) in [5.74, 6) is 5.41. The minimum absolute atomic E-state index is 0.261. The smallest absolute Gasteiger partial charge is 0.243 e. The first-order chi connectivity index (χ1) is 12.6. The summed E-state index contributed by atoms with van der Waals surface area (Å²) in [4.78, 5) is 46.8. The van der Waals surface area contributed by atoms with Crippen LogP contribution in [0.4, 0.5) is 0 Å². The summed E-state index contributed by atoms with van der Waals surface area (Å²) in [6.45, 7) is 0.813. The number of amides is 3. The van der Waals surface area contributed by atoms with Crippen molar-refractivity contribution in [2.75, 3.05) is 13.6 Å². The van der Waals surface area contributed by atoms with E-state index in [1.807, 2.05) is 11.0 Å². The van der Waals surface area contributed by atoms with E-state index in [-0.39, 0.29) is 11.8 Å². The number of piperidine rings is 1. The van der Waals surface area contributed by atoms with Crippen molar-refractivity contribution in [3.63, 3.8) is 0 Å². The lowest BCUT2D eigenvalue weighted by Gasteiger charge is -2.30. The molecule has 0 aliphatic carbocycles. The molecule has 1 fully saturated rings. The van der Waals surface area contributed by atoms with Gasteiger partial charge in [0.05, 0.1) is 6.04 Å². The fraction of sp³-hybridized carbons (Fsp3) is 0.368. The van der Waals surface area contributed by atoms with Crippen LogP contribution in [-0.4, -0.2) is 49.0 Å². The van der Waals surface area contributed by atoms with E-state index in [0.29, 0.717) is 49.9 Å². The molecule has 1 aliphatic rings. The molecule has 1 aromatic carbocycles. The summed E-state index contributed by atoms with van der Waals surface area (Å²) >= 11 is 0. The van der Waals surface area contributed by atoms with E-state index in [1.165, 1.54) is 0 Å². The highest BCUT2D eigenvalue weighted by Crippen LogP contribution is 2.19. The number of carbonyl (C=O) groups excluding carboxylic acids is 4. The number of imide groups is 1. The third-order valence-electron chi connectivity index (χ3n) is 4.19. The van der Waals surface area contributed by atoms with Gasteiger partial charge in [0.25, 0.3) is 0 Å². The Balaban J connectivity index is 2.18. The summed E-state index contributed by atoms with van der Waals surface area (Å²) in [6, 6.07) is 4.86. The molecule has 7 heteroatoms. The topological polar surface area (TPSA) is 95.6 Å². The van der Waals surface area contributed by atoms with Gasteiger partial charge in [-0.15, -0.1) is 0 Å². The molecule has 1 aromatic rings. The van der Waals surface area contributed by atoms with Crippen LogP contribution in [0.1, 0.15) is 40.7 Å². The van der Waals surface area contributed by atoms with Crippen molar-refractivity contribution >= 4 is 24.5 Å². The summed E-state index contributed by atoms with van der Waals surface area (Å²) in [5.41, 5.74) is 1.97. The minimum Gasteiger partial charge on any atom is -0.358 e. The van der Waals surface area contributed by atoms with Gasteiger partial charge in [-0.1, -0.05) is 24.0 Å². The van der Waals surface area contributed by atoms with Crippen molar-refractivity contribution in [3.05, 3.63) is 34.9 Å². The lowest BCUT2D eigenvalue weighted by molar-refractivity contribution is -0.137. The number of benzene rings is 1. The predicted molar refractivity (Wildman–Crippen MR) is 95.0 cm³/mol. The van der Waals surface area contributed by atoms with Crippen LogP contribution in [0.2, 0.25) is 0 Å². The summed E-state index contributed by atoms with van der Waals surface area (Å²) in [6.07, 6.45) is 2.63. The maximum Gasteiger partial charge on any atom is 0.243 e. The summed E-state index contributed by atoms with van der Waals surface area (Å²) < 4.78 is 0. The van der Waals surface area contributed by atoms with E-state index < -0.39 is 6.04 Å². The van der Waals surface area contributed by atoms with Crippen molar-refractivity contribution in [3.8, 4) is 11.8 Å². The molecule has 0 aromatic heterocycles. The van der Waals surface area contributed by atoms with Crippen molar-refractivity contribution in [2.24, 2.45) is 0 Å². The van der Waals surface area contributed by atoms with Crippen LogP contribution >= 0.6 is 0 Å². The Bertz CT molecular complexity index is 764. The second-order valence-electron chi connectivity index (χ2n) is 6.00. The van der Waals surface area contributed by atoms with Crippen LogP contribution < -0.4 is 10.6 Å². The predicted octanol–water partition coefficient (Wildman–Crippen LogP) is 0.224. The zero-order chi connectivity index (χ0) is 18.9. The van der Waals surface area contributed by atoms with Crippen LogP contribution in [0, 0.1) is 11.8 Å². The van der Waals surface area contributed by atoms with Gasteiger partial charge in [0.1, 0.15) is 6.29 Å². The minimum atomic E-state index is -0.426. The molecule has 136 valence electrons. The Labute approximate surface area is 152 Å². The molecule has 0 radical (unpaired) electrons. The molecule has 2 N–H and O–H groups in total. The molecule has 2 rings (SSSR count). The molecule has 1 aliphatic heterocycles. The first-order valence-corrected chi connectivity index (χ1v) is 8.33. The Morgan fingerprint density at radius 2 is 2.15 bits per heavy atom. The Hall–Kier alpha value is -2.98. The van der Waals surface area contributed by atoms with E-state index in [2.05, 4.69) is 22.5 Å². The Morgan fingerprint density at radius 1 is 1.35 bits per heavy atom. The van der Waals surface area contributed by atoms with Crippen molar-refractivity contribution in [1.29, 1.82) is 0 Å². The van der Waals surface area contributed by atoms with Crippen molar-refractivity contribution in [1.82, 2.24) is 15.5 Å². The van der Waals surface area contributed by atoms with Crippen LogP contribution in [0.3, 0.4) is 0 Å². The van der Waals surface area contributed by atoms with Gasteiger partial charge in [0, 0.05) is 37.1 Å². The van der Waals surface area contributed by atoms with E-state index in [0.717, 1.165) is 11.8 Å². The highest BCUT2D eigenvalue weighted by Gasteiger charge is 2.30. The van der Waals surface area contributed by atoms with Crippen LogP contribution in [-0.2, 0) is 20.9 Å². The highest BCUT2D eigenvalue weighted by atomic mass is 16.2. The Kier molecular flexibility index (Phi) is 7.06. The average molecular weight is 355 g/mol. The number of aldehydes is 1.